The molecule has 0 aliphatic heterocycles. The Morgan fingerprint density at radius 1 is 1.17 bits per heavy atom. The van der Waals surface area contributed by atoms with Gasteiger partial charge in [0.15, 0.2) is 0 Å². The lowest BCUT2D eigenvalue weighted by atomic mass is 10.2. The molecule has 3 nitrogen and oxygen atoms in total. The van der Waals surface area contributed by atoms with E-state index in [2.05, 4.69) is 50.9 Å². The second-order valence-corrected chi connectivity index (χ2v) is 5.44. The van der Waals surface area contributed by atoms with E-state index in [1.165, 1.54) is 5.56 Å². The van der Waals surface area contributed by atoms with Crippen LogP contribution in [-0.4, -0.2) is 30.1 Å². The van der Waals surface area contributed by atoms with Crippen LogP contribution in [0, 0.1) is 6.92 Å². The van der Waals surface area contributed by atoms with Crippen molar-refractivity contribution in [3.05, 3.63) is 23.8 Å². The molecule has 1 aromatic carbocycles. The fraction of sp³-hybridized carbons (Fsp3) is 0.600. The molecular weight excluding hydrogens is 222 g/mol. The summed E-state index contributed by atoms with van der Waals surface area (Å²) in [7, 11) is 0. The van der Waals surface area contributed by atoms with Crippen LogP contribution < -0.4 is 11.1 Å². The van der Waals surface area contributed by atoms with Gasteiger partial charge in [-0.1, -0.05) is 6.07 Å². The molecule has 1 aromatic rings. The molecule has 102 valence electrons. The third-order valence-corrected chi connectivity index (χ3v) is 3.22. The minimum Gasteiger partial charge on any atom is -0.397 e. The van der Waals surface area contributed by atoms with Crippen molar-refractivity contribution in [2.24, 2.45) is 0 Å². The summed E-state index contributed by atoms with van der Waals surface area (Å²) >= 11 is 0. The van der Waals surface area contributed by atoms with Gasteiger partial charge in [0.05, 0.1) is 11.4 Å². The summed E-state index contributed by atoms with van der Waals surface area (Å²) in [4.78, 5) is 2.47. The average Bonchev–Trinajstić information content (AvgIpc) is 2.27. The van der Waals surface area contributed by atoms with E-state index in [9.17, 15) is 0 Å². The molecule has 0 spiro atoms. The van der Waals surface area contributed by atoms with Gasteiger partial charge in [0.25, 0.3) is 0 Å². The molecule has 0 aliphatic carbocycles. The summed E-state index contributed by atoms with van der Waals surface area (Å²) in [6.45, 7) is 13.0. The quantitative estimate of drug-likeness (QED) is 0.761. The molecule has 0 aliphatic rings. The summed E-state index contributed by atoms with van der Waals surface area (Å²) in [6.07, 6.45) is 0. The molecular formula is C15H27N3. The zero-order valence-corrected chi connectivity index (χ0v) is 12.3. The maximum absolute atomic E-state index is 5.95. The van der Waals surface area contributed by atoms with E-state index in [1.54, 1.807) is 0 Å². The van der Waals surface area contributed by atoms with Gasteiger partial charge in [-0.15, -0.1) is 0 Å². The van der Waals surface area contributed by atoms with Crippen LogP contribution in [0.25, 0.3) is 0 Å². The zero-order chi connectivity index (χ0) is 13.7. The zero-order valence-electron chi connectivity index (χ0n) is 12.3. The summed E-state index contributed by atoms with van der Waals surface area (Å²) < 4.78 is 0. The molecule has 0 amide bonds. The van der Waals surface area contributed by atoms with Crippen molar-refractivity contribution >= 4 is 11.4 Å². The van der Waals surface area contributed by atoms with Crippen molar-refractivity contribution in [3.8, 4) is 0 Å². The Morgan fingerprint density at radius 2 is 1.78 bits per heavy atom. The highest BCUT2D eigenvalue weighted by Crippen LogP contribution is 2.19. The van der Waals surface area contributed by atoms with E-state index in [0.29, 0.717) is 12.1 Å². The van der Waals surface area contributed by atoms with Crippen LogP contribution in [0.3, 0.4) is 0 Å². The molecule has 0 saturated carbocycles. The number of rotatable bonds is 6. The van der Waals surface area contributed by atoms with Gasteiger partial charge >= 0.3 is 0 Å². The number of benzene rings is 1. The number of nitrogens with two attached hydrogens (primary N) is 1. The van der Waals surface area contributed by atoms with Crippen molar-refractivity contribution in [3.63, 3.8) is 0 Å². The normalized spacial score (nSPS) is 11.6. The number of nitrogens with one attached hydrogen (secondary N) is 1. The second kappa shape index (κ2) is 6.64. The van der Waals surface area contributed by atoms with E-state index in [-0.39, 0.29) is 0 Å². The molecule has 0 aromatic heterocycles. The number of hydrogen-bond acceptors (Lipinski definition) is 3. The van der Waals surface area contributed by atoms with Gasteiger partial charge in [0.1, 0.15) is 0 Å². The van der Waals surface area contributed by atoms with Gasteiger partial charge < -0.3 is 11.1 Å². The lowest BCUT2D eigenvalue weighted by molar-refractivity contribution is 0.182. The summed E-state index contributed by atoms with van der Waals surface area (Å²) in [5, 5.41) is 3.43. The van der Waals surface area contributed by atoms with Crippen LogP contribution in [0.5, 0.6) is 0 Å². The van der Waals surface area contributed by atoms with Crippen molar-refractivity contribution < 1.29 is 0 Å². The summed E-state index contributed by atoms with van der Waals surface area (Å²) in [5.41, 5.74) is 9.05. The molecule has 3 heteroatoms. The Kier molecular flexibility index (Phi) is 5.48. The first-order valence-corrected chi connectivity index (χ1v) is 6.77. The summed E-state index contributed by atoms with van der Waals surface area (Å²) in [6, 6.07) is 7.24. The van der Waals surface area contributed by atoms with Crippen molar-refractivity contribution in [1.29, 1.82) is 0 Å². The van der Waals surface area contributed by atoms with Crippen LogP contribution in [0.15, 0.2) is 18.2 Å². The predicted molar refractivity (Wildman–Crippen MR) is 81.1 cm³/mol. The first kappa shape index (κ1) is 14.8. The fourth-order valence-corrected chi connectivity index (χ4v) is 2.26. The lowest BCUT2D eigenvalue weighted by Gasteiger charge is -2.30. The average molecular weight is 249 g/mol. The molecule has 0 bridgehead atoms. The minimum atomic E-state index is 0.571. The molecule has 0 atom stereocenters. The molecule has 0 radical (unpaired) electrons. The van der Waals surface area contributed by atoms with Crippen LogP contribution >= 0.6 is 0 Å². The fourth-order valence-electron chi connectivity index (χ4n) is 2.26. The largest absolute Gasteiger partial charge is 0.397 e. The standard InChI is InChI=1S/C15H27N3/c1-11(2)18(12(3)4)9-8-17-15-10-13(5)6-7-14(15)16/h6-7,10-12,17H,8-9,16H2,1-5H3. The Labute approximate surface area is 111 Å². The number of aryl methyl sites for hydroxylation is 1. The minimum absolute atomic E-state index is 0.571. The van der Waals surface area contributed by atoms with Crippen LogP contribution in [0.4, 0.5) is 11.4 Å². The maximum atomic E-state index is 5.95. The Bertz CT molecular complexity index is 364. The highest BCUT2D eigenvalue weighted by Gasteiger charge is 2.12. The SMILES string of the molecule is Cc1ccc(N)c(NCCN(C(C)C)C(C)C)c1. The number of hydrogen-bond donors (Lipinski definition) is 2. The topological polar surface area (TPSA) is 41.3 Å². The molecule has 1 rings (SSSR count). The highest BCUT2D eigenvalue weighted by molar-refractivity contribution is 5.66. The number of anilines is 2. The Balaban J connectivity index is 2.52. The molecule has 3 N–H and O–H groups in total. The van der Waals surface area contributed by atoms with Crippen LogP contribution in [-0.2, 0) is 0 Å². The van der Waals surface area contributed by atoms with E-state index in [0.717, 1.165) is 24.5 Å². The predicted octanol–water partition coefficient (Wildman–Crippen LogP) is 3.11. The number of nitrogen functional groups attached to an aromatic ring is 1. The van der Waals surface area contributed by atoms with E-state index < -0.39 is 0 Å². The van der Waals surface area contributed by atoms with E-state index in [4.69, 9.17) is 5.73 Å². The Hall–Kier alpha value is -1.22. The van der Waals surface area contributed by atoms with Gasteiger partial charge in [-0.3, -0.25) is 4.90 Å². The van der Waals surface area contributed by atoms with Gasteiger partial charge in [-0.2, -0.15) is 0 Å². The summed E-state index contributed by atoms with van der Waals surface area (Å²) in [5.74, 6) is 0. The maximum Gasteiger partial charge on any atom is 0.0577 e. The van der Waals surface area contributed by atoms with Gasteiger partial charge in [-0.05, 0) is 52.3 Å². The molecule has 0 heterocycles. The number of nitrogens with zero attached hydrogens (tertiary/aromatic N) is 1. The first-order chi connectivity index (χ1) is 8.41. The highest BCUT2D eigenvalue weighted by atomic mass is 15.2. The van der Waals surface area contributed by atoms with Gasteiger partial charge in [0, 0.05) is 25.2 Å². The van der Waals surface area contributed by atoms with Crippen molar-refractivity contribution in [1.82, 2.24) is 4.90 Å². The third-order valence-electron chi connectivity index (χ3n) is 3.22. The smallest absolute Gasteiger partial charge is 0.0577 e. The van der Waals surface area contributed by atoms with Crippen LogP contribution in [0.1, 0.15) is 33.3 Å². The monoisotopic (exact) mass is 249 g/mol. The van der Waals surface area contributed by atoms with E-state index in [1.807, 2.05) is 12.1 Å². The van der Waals surface area contributed by atoms with E-state index >= 15 is 0 Å². The molecule has 0 saturated heterocycles. The molecule has 0 fully saturated rings. The van der Waals surface area contributed by atoms with Crippen LogP contribution in [0.2, 0.25) is 0 Å². The second-order valence-electron chi connectivity index (χ2n) is 5.44. The Morgan fingerprint density at radius 3 is 2.33 bits per heavy atom. The lowest BCUT2D eigenvalue weighted by Crippen LogP contribution is -2.40. The van der Waals surface area contributed by atoms with Crippen molar-refractivity contribution in [2.75, 3.05) is 24.1 Å². The first-order valence-electron chi connectivity index (χ1n) is 6.77. The molecule has 0 unspecified atom stereocenters. The van der Waals surface area contributed by atoms with Crippen molar-refractivity contribution in [2.45, 2.75) is 46.7 Å². The third kappa shape index (κ3) is 4.22. The van der Waals surface area contributed by atoms with Gasteiger partial charge in [0.2, 0.25) is 0 Å². The molecule has 18 heavy (non-hydrogen) atoms. The van der Waals surface area contributed by atoms with Gasteiger partial charge in [-0.25, -0.2) is 0 Å².